The van der Waals surface area contributed by atoms with E-state index in [2.05, 4.69) is 9.47 Å². The van der Waals surface area contributed by atoms with Gasteiger partial charge in [0.05, 0.1) is 25.2 Å². The molecule has 1 N–H and O–H groups in total. The fourth-order valence-electron chi connectivity index (χ4n) is 1.05. The van der Waals surface area contributed by atoms with Crippen LogP contribution in [0.3, 0.4) is 0 Å². The van der Waals surface area contributed by atoms with E-state index in [4.69, 9.17) is 4.74 Å². The summed E-state index contributed by atoms with van der Waals surface area (Å²) in [5.41, 5.74) is 0. The zero-order valence-corrected chi connectivity index (χ0v) is 8.27. The number of aliphatic hydroxyl groups excluding tert-OH is 1. The van der Waals surface area contributed by atoms with Crippen LogP contribution in [-0.4, -0.2) is 43.8 Å². The number of rotatable bonds is 5. The van der Waals surface area contributed by atoms with E-state index in [1.54, 1.807) is 0 Å². The zero-order valence-electron chi connectivity index (χ0n) is 8.27. The second-order valence-electron chi connectivity index (χ2n) is 3.34. The molecular weight excluding hydrogens is 188 g/mol. The SMILES string of the molecule is CCC(O)COCC1COC(=O)OC1. The minimum atomic E-state index is -0.616. The number of carbonyl (C=O) groups is 1. The van der Waals surface area contributed by atoms with Crippen LogP contribution in [0, 0.1) is 5.92 Å². The van der Waals surface area contributed by atoms with Gasteiger partial charge in [-0.2, -0.15) is 0 Å². The number of cyclic esters (lactones) is 2. The van der Waals surface area contributed by atoms with Gasteiger partial charge in [0.15, 0.2) is 0 Å². The van der Waals surface area contributed by atoms with Crippen LogP contribution in [-0.2, 0) is 14.2 Å². The molecule has 82 valence electrons. The number of carbonyl (C=O) groups excluding carboxylic acids is 1. The second-order valence-corrected chi connectivity index (χ2v) is 3.34. The summed E-state index contributed by atoms with van der Waals surface area (Å²) in [6, 6.07) is 0. The first-order valence-electron chi connectivity index (χ1n) is 4.77. The highest BCUT2D eigenvalue weighted by molar-refractivity contribution is 5.60. The normalized spacial score (nSPS) is 20.0. The van der Waals surface area contributed by atoms with Crippen LogP contribution in [0.5, 0.6) is 0 Å². The quantitative estimate of drug-likeness (QED) is 0.663. The lowest BCUT2D eigenvalue weighted by molar-refractivity contribution is -0.0503. The molecule has 1 atom stereocenters. The Balaban J connectivity index is 2.04. The third-order valence-electron chi connectivity index (χ3n) is 2.01. The maximum Gasteiger partial charge on any atom is 0.508 e. The molecule has 1 saturated heterocycles. The molecule has 1 unspecified atom stereocenters. The Morgan fingerprint density at radius 2 is 2.21 bits per heavy atom. The Morgan fingerprint density at radius 3 is 2.79 bits per heavy atom. The molecule has 1 rings (SSSR count). The van der Waals surface area contributed by atoms with Gasteiger partial charge in [-0.25, -0.2) is 4.79 Å². The highest BCUT2D eigenvalue weighted by Gasteiger charge is 2.21. The molecule has 0 saturated carbocycles. The molecule has 1 fully saturated rings. The van der Waals surface area contributed by atoms with Crippen LogP contribution in [0.25, 0.3) is 0 Å². The maximum absolute atomic E-state index is 10.5. The molecule has 14 heavy (non-hydrogen) atoms. The molecule has 0 amide bonds. The molecule has 1 aliphatic rings. The summed E-state index contributed by atoms with van der Waals surface area (Å²) in [5.74, 6) is 0.0803. The van der Waals surface area contributed by atoms with E-state index in [0.717, 1.165) is 0 Å². The van der Waals surface area contributed by atoms with Gasteiger partial charge < -0.3 is 19.3 Å². The summed E-state index contributed by atoms with van der Waals surface area (Å²) in [6.45, 7) is 3.33. The summed E-state index contributed by atoms with van der Waals surface area (Å²) in [6.07, 6.45) is -0.354. The van der Waals surface area contributed by atoms with E-state index in [9.17, 15) is 9.90 Å². The first kappa shape index (κ1) is 11.3. The average molecular weight is 204 g/mol. The smallest absolute Gasteiger partial charge is 0.434 e. The van der Waals surface area contributed by atoms with Crippen molar-refractivity contribution in [1.29, 1.82) is 0 Å². The topological polar surface area (TPSA) is 65.0 Å². The highest BCUT2D eigenvalue weighted by atomic mass is 16.7. The molecular formula is C9H16O5. The van der Waals surface area contributed by atoms with Crippen LogP contribution in [0.1, 0.15) is 13.3 Å². The van der Waals surface area contributed by atoms with Crippen molar-refractivity contribution >= 4 is 6.16 Å². The van der Waals surface area contributed by atoms with Crippen LogP contribution in [0.2, 0.25) is 0 Å². The van der Waals surface area contributed by atoms with Crippen LogP contribution in [0.4, 0.5) is 4.79 Å². The second kappa shape index (κ2) is 5.82. The predicted molar refractivity (Wildman–Crippen MR) is 47.9 cm³/mol. The van der Waals surface area contributed by atoms with Gasteiger partial charge >= 0.3 is 6.16 Å². The molecule has 0 aromatic rings. The monoisotopic (exact) mass is 204 g/mol. The van der Waals surface area contributed by atoms with E-state index in [1.807, 2.05) is 6.92 Å². The van der Waals surface area contributed by atoms with Gasteiger partial charge in [0.1, 0.15) is 13.2 Å². The maximum atomic E-state index is 10.5. The Morgan fingerprint density at radius 1 is 1.57 bits per heavy atom. The number of hydrogen-bond donors (Lipinski definition) is 1. The summed E-state index contributed by atoms with van der Waals surface area (Å²) >= 11 is 0. The fraction of sp³-hybridized carbons (Fsp3) is 0.889. The summed E-state index contributed by atoms with van der Waals surface area (Å²) in [5, 5.41) is 9.19. The van der Waals surface area contributed by atoms with Crippen molar-refractivity contribution in [3.63, 3.8) is 0 Å². The van der Waals surface area contributed by atoms with Crippen LogP contribution >= 0.6 is 0 Å². The van der Waals surface area contributed by atoms with Gasteiger partial charge in [0.2, 0.25) is 0 Å². The molecule has 0 aromatic heterocycles. The van der Waals surface area contributed by atoms with E-state index in [-0.39, 0.29) is 5.92 Å². The first-order chi connectivity index (χ1) is 6.72. The zero-order chi connectivity index (χ0) is 10.4. The predicted octanol–water partition coefficient (Wildman–Crippen LogP) is 0.557. The highest BCUT2D eigenvalue weighted by Crippen LogP contribution is 2.07. The summed E-state index contributed by atoms with van der Waals surface area (Å²) in [7, 11) is 0. The standard InChI is InChI=1S/C9H16O5/c1-2-8(10)6-12-3-7-4-13-9(11)14-5-7/h7-8,10H,2-6H2,1H3. The lowest BCUT2D eigenvalue weighted by Crippen LogP contribution is -2.31. The molecule has 0 bridgehead atoms. The van der Waals surface area contributed by atoms with Gasteiger partial charge in [-0.15, -0.1) is 0 Å². The molecule has 0 aliphatic carbocycles. The Bertz CT molecular complexity index is 172. The third kappa shape index (κ3) is 3.93. The minimum absolute atomic E-state index is 0.0803. The van der Waals surface area contributed by atoms with E-state index < -0.39 is 12.3 Å². The van der Waals surface area contributed by atoms with Gasteiger partial charge in [0, 0.05) is 0 Å². The summed E-state index contributed by atoms with van der Waals surface area (Å²) < 4.78 is 14.6. The van der Waals surface area contributed by atoms with Crippen molar-refractivity contribution in [2.75, 3.05) is 26.4 Å². The van der Waals surface area contributed by atoms with Crippen molar-refractivity contribution in [2.45, 2.75) is 19.4 Å². The Hall–Kier alpha value is -0.810. The van der Waals surface area contributed by atoms with Crippen molar-refractivity contribution in [1.82, 2.24) is 0 Å². The van der Waals surface area contributed by atoms with Gasteiger partial charge in [-0.05, 0) is 6.42 Å². The van der Waals surface area contributed by atoms with Crippen LogP contribution in [0.15, 0.2) is 0 Å². The van der Waals surface area contributed by atoms with Gasteiger partial charge in [-0.3, -0.25) is 0 Å². The fourth-order valence-corrected chi connectivity index (χ4v) is 1.05. The number of aliphatic hydroxyl groups is 1. The molecule has 0 aromatic carbocycles. The number of ether oxygens (including phenoxy) is 3. The van der Waals surface area contributed by atoms with Crippen molar-refractivity contribution in [3.8, 4) is 0 Å². The minimum Gasteiger partial charge on any atom is -0.434 e. The van der Waals surface area contributed by atoms with Gasteiger partial charge in [0.25, 0.3) is 0 Å². The van der Waals surface area contributed by atoms with Crippen LogP contribution < -0.4 is 0 Å². The molecule has 0 radical (unpaired) electrons. The Kier molecular flexibility index (Phi) is 4.69. The van der Waals surface area contributed by atoms with E-state index >= 15 is 0 Å². The molecule has 0 spiro atoms. The Labute approximate surface area is 82.9 Å². The summed E-state index contributed by atoms with van der Waals surface area (Å²) in [4.78, 5) is 10.5. The van der Waals surface area contributed by atoms with Crippen molar-refractivity contribution in [2.24, 2.45) is 5.92 Å². The first-order valence-corrected chi connectivity index (χ1v) is 4.77. The van der Waals surface area contributed by atoms with Crippen molar-refractivity contribution in [3.05, 3.63) is 0 Å². The third-order valence-corrected chi connectivity index (χ3v) is 2.01. The molecule has 1 aliphatic heterocycles. The molecule has 1 heterocycles. The average Bonchev–Trinajstić information content (AvgIpc) is 2.21. The largest absolute Gasteiger partial charge is 0.508 e. The van der Waals surface area contributed by atoms with Crippen molar-refractivity contribution < 1.29 is 24.1 Å². The lowest BCUT2D eigenvalue weighted by atomic mass is 10.2. The van der Waals surface area contributed by atoms with E-state index in [0.29, 0.717) is 32.8 Å². The molecule has 5 nitrogen and oxygen atoms in total. The number of hydrogen-bond acceptors (Lipinski definition) is 5. The van der Waals surface area contributed by atoms with Gasteiger partial charge in [-0.1, -0.05) is 6.92 Å². The lowest BCUT2D eigenvalue weighted by Gasteiger charge is -2.21. The van der Waals surface area contributed by atoms with E-state index in [1.165, 1.54) is 0 Å². The molecule has 5 heteroatoms.